The van der Waals surface area contributed by atoms with Gasteiger partial charge in [-0.3, -0.25) is 9.59 Å². The minimum absolute atomic E-state index is 0.0106. The monoisotopic (exact) mass is 252 g/mol. The largest absolute Gasteiger partial charge is 0.378 e. The van der Waals surface area contributed by atoms with Gasteiger partial charge in [0.15, 0.2) is 0 Å². The van der Waals surface area contributed by atoms with E-state index < -0.39 is 0 Å². The number of hydrogen-bond donors (Lipinski definition) is 1. The first-order valence-corrected chi connectivity index (χ1v) is 6.10. The van der Waals surface area contributed by atoms with Gasteiger partial charge >= 0.3 is 0 Å². The summed E-state index contributed by atoms with van der Waals surface area (Å²) in [4.78, 5) is 25.2. The van der Waals surface area contributed by atoms with Crippen molar-refractivity contribution < 1.29 is 14.3 Å². The Morgan fingerprint density at radius 2 is 2.00 bits per heavy atom. The Hall–Kier alpha value is -1.58. The van der Waals surface area contributed by atoms with E-state index >= 15 is 0 Å². The predicted octanol–water partition coefficient (Wildman–Crippen LogP) is 0.329. The molecule has 0 bridgehead atoms. The van der Waals surface area contributed by atoms with Gasteiger partial charge in [-0.1, -0.05) is 20.4 Å². The van der Waals surface area contributed by atoms with Crippen LogP contribution in [-0.2, 0) is 14.3 Å². The maximum absolute atomic E-state index is 11.8. The molecule has 1 N–H and O–H groups in total. The Kier molecular flexibility index (Phi) is 5.62. The summed E-state index contributed by atoms with van der Waals surface area (Å²) in [5.74, 6) is -0.318. The standard InChI is InChI=1S/C13H20N2O3/c1-4-11(10(2)3)13(17)14-9-12(16)15-5-7-18-8-6-15/h10H,1,5-9H2,2-3H3,(H,14,17). The molecular formula is C13H20N2O3. The van der Waals surface area contributed by atoms with Crippen molar-refractivity contribution in [2.75, 3.05) is 32.8 Å². The molecule has 0 spiro atoms. The van der Waals surface area contributed by atoms with E-state index in [2.05, 4.69) is 17.6 Å². The average Bonchev–Trinajstić information content (AvgIpc) is 2.37. The molecule has 1 heterocycles. The van der Waals surface area contributed by atoms with E-state index in [0.717, 1.165) is 0 Å². The Balaban J connectivity index is 2.42. The molecule has 18 heavy (non-hydrogen) atoms. The quantitative estimate of drug-likeness (QED) is 0.579. The SMILES string of the molecule is C=C=C(C(=O)NCC(=O)N1CCOCC1)C(C)C. The first-order valence-electron chi connectivity index (χ1n) is 6.10. The van der Waals surface area contributed by atoms with Crippen LogP contribution < -0.4 is 5.32 Å². The fourth-order valence-electron chi connectivity index (χ4n) is 1.72. The van der Waals surface area contributed by atoms with Crippen LogP contribution in [0.15, 0.2) is 17.9 Å². The minimum atomic E-state index is -0.276. The van der Waals surface area contributed by atoms with E-state index in [0.29, 0.717) is 31.9 Å². The molecule has 0 saturated carbocycles. The molecule has 0 unspecified atom stereocenters. The highest BCUT2D eigenvalue weighted by molar-refractivity contribution is 5.95. The molecule has 1 aliphatic rings. The lowest BCUT2D eigenvalue weighted by Crippen LogP contribution is -2.46. The Morgan fingerprint density at radius 3 is 2.50 bits per heavy atom. The van der Waals surface area contributed by atoms with Gasteiger partial charge in [0.25, 0.3) is 5.91 Å². The molecule has 5 nitrogen and oxygen atoms in total. The minimum Gasteiger partial charge on any atom is -0.378 e. The molecule has 0 aromatic carbocycles. The maximum atomic E-state index is 11.8. The highest BCUT2D eigenvalue weighted by Gasteiger charge is 2.18. The second-order valence-electron chi connectivity index (χ2n) is 4.42. The van der Waals surface area contributed by atoms with E-state index in [9.17, 15) is 9.59 Å². The lowest BCUT2D eigenvalue weighted by Gasteiger charge is -2.26. The fourth-order valence-corrected chi connectivity index (χ4v) is 1.72. The fraction of sp³-hybridized carbons (Fsp3) is 0.615. The summed E-state index contributed by atoms with van der Waals surface area (Å²) in [5.41, 5.74) is 3.09. The Labute approximate surface area is 107 Å². The van der Waals surface area contributed by atoms with E-state index in [4.69, 9.17) is 4.74 Å². The van der Waals surface area contributed by atoms with Gasteiger partial charge in [-0.15, -0.1) is 5.73 Å². The van der Waals surface area contributed by atoms with Crippen molar-refractivity contribution >= 4 is 11.8 Å². The summed E-state index contributed by atoms with van der Waals surface area (Å²) in [7, 11) is 0. The number of morpholine rings is 1. The van der Waals surface area contributed by atoms with Gasteiger partial charge in [0.2, 0.25) is 5.91 Å². The molecule has 1 rings (SSSR count). The topological polar surface area (TPSA) is 58.6 Å². The number of amides is 2. The van der Waals surface area contributed by atoms with E-state index in [-0.39, 0.29) is 24.3 Å². The molecule has 0 radical (unpaired) electrons. The number of rotatable bonds is 4. The molecule has 1 saturated heterocycles. The molecule has 5 heteroatoms. The van der Waals surface area contributed by atoms with Crippen LogP contribution in [0.25, 0.3) is 0 Å². The highest BCUT2D eigenvalue weighted by Crippen LogP contribution is 2.07. The van der Waals surface area contributed by atoms with Gasteiger partial charge in [-0.05, 0) is 5.92 Å². The van der Waals surface area contributed by atoms with Crippen molar-refractivity contribution in [3.05, 3.63) is 17.9 Å². The lowest BCUT2D eigenvalue weighted by atomic mass is 10.0. The molecule has 1 fully saturated rings. The van der Waals surface area contributed by atoms with Crippen LogP contribution in [0.3, 0.4) is 0 Å². The molecule has 1 aliphatic heterocycles. The van der Waals surface area contributed by atoms with Crippen molar-refractivity contribution in [3.8, 4) is 0 Å². The van der Waals surface area contributed by atoms with Gasteiger partial charge in [0.1, 0.15) is 0 Å². The third-order valence-corrected chi connectivity index (χ3v) is 2.78. The number of carbonyl (C=O) groups is 2. The zero-order valence-corrected chi connectivity index (χ0v) is 11.0. The summed E-state index contributed by atoms with van der Waals surface area (Å²) >= 11 is 0. The lowest BCUT2D eigenvalue weighted by molar-refractivity contribution is -0.135. The first kappa shape index (κ1) is 14.5. The van der Waals surface area contributed by atoms with Crippen LogP contribution >= 0.6 is 0 Å². The second kappa shape index (κ2) is 6.99. The van der Waals surface area contributed by atoms with Crippen molar-refractivity contribution in [2.24, 2.45) is 5.92 Å². The van der Waals surface area contributed by atoms with E-state index in [1.54, 1.807) is 4.90 Å². The van der Waals surface area contributed by atoms with Gasteiger partial charge < -0.3 is 15.0 Å². The summed E-state index contributed by atoms with van der Waals surface area (Å²) < 4.78 is 5.16. The molecule has 0 atom stereocenters. The van der Waals surface area contributed by atoms with E-state index in [1.807, 2.05) is 13.8 Å². The third-order valence-electron chi connectivity index (χ3n) is 2.78. The predicted molar refractivity (Wildman–Crippen MR) is 67.9 cm³/mol. The molecule has 0 aromatic heterocycles. The summed E-state index contributed by atoms with van der Waals surface area (Å²) in [6.07, 6.45) is 0. The van der Waals surface area contributed by atoms with Crippen LogP contribution in [0.5, 0.6) is 0 Å². The van der Waals surface area contributed by atoms with Gasteiger partial charge in [0, 0.05) is 13.1 Å². The molecule has 100 valence electrons. The third kappa shape index (κ3) is 4.02. The molecular weight excluding hydrogens is 232 g/mol. The summed E-state index contributed by atoms with van der Waals surface area (Å²) in [6, 6.07) is 0. The average molecular weight is 252 g/mol. The van der Waals surface area contributed by atoms with E-state index in [1.165, 1.54) is 0 Å². The van der Waals surface area contributed by atoms with Crippen molar-refractivity contribution in [1.82, 2.24) is 10.2 Å². The number of nitrogens with zero attached hydrogens (tertiary/aromatic N) is 1. The first-order chi connectivity index (χ1) is 8.56. The Morgan fingerprint density at radius 1 is 1.39 bits per heavy atom. The van der Waals surface area contributed by atoms with Gasteiger partial charge in [0.05, 0.1) is 25.3 Å². The zero-order valence-electron chi connectivity index (χ0n) is 11.0. The molecule has 2 amide bonds. The van der Waals surface area contributed by atoms with Crippen molar-refractivity contribution in [2.45, 2.75) is 13.8 Å². The number of nitrogens with one attached hydrogen (secondary N) is 1. The molecule has 0 aliphatic carbocycles. The van der Waals surface area contributed by atoms with Crippen LogP contribution in [-0.4, -0.2) is 49.6 Å². The van der Waals surface area contributed by atoms with Crippen LogP contribution in [0.2, 0.25) is 0 Å². The summed E-state index contributed by atoms with van der Waals surface area (Å²) in [5, 5.41) is 2.60. The van der Waals surface area contributed by atoms with Crippen LogP contribution in [0.4, 0.5) is 0 Å². The number of carbonyl (C=O) groups excluding carboxylic acids is 2. The zero-order chi connectivity index (χ0) is 13.5. The maximum Gasteiger partial charge on any atom is 0.255 e. The van der Waals surface area contributed by atoms with Crippen LogP contribution in [0, 0.1) is 5.92 Å². The van der Waals surface area contributed by atoms with Gasteiger partial charge in [-0.2, -0.15) is 0 Å². The Bertz CT molecular complexity index is 364. The van der Waals surface area contributed by atoms with Crippen molar-refractivity contribution in [3.63, 3.8) is 0 Å². The molecule has 0 aromatic rings. The van der Waals surface area contributed by atoms with Crippen molar-refractivity contribution in [1.29, 1.82) is 0 Å². The highest BCUT2D eigenvalue weighted by atomic mass is 16.5. The second-order valence-corrected chi connectivity index (χ2v) is 4.42. The normalized spacial score (nSPS) is 15.2. The smallest absolute Gasteiger partial charge is 0.255 e. The number of hydrogen-bond acceptors (Lipinski definition) is 3. The number of ether oxygens (including phenoxy) is 1. The summed E-state index contributed by atoms with van der Waals surface area (Å²) in [6.45, 7) is 9.56. The van der Waals surface area contributed by atoms with Crippen LogP contribution in [0.1, 0.15) is 13.8 Å². The van der Waals surface area contributed by atoms with Gasteiger partial charge in [-0.25, -0.2) is 0 Å².